The van der Waals surface area contributed by atoms with E-state index < -0.39 is 73.9 Å². The molecule has 23 heavy (non-hydrogen) atoms. The van der Waals surface area contributed by atoms with Crippen LogP contribution in [0.15, 0.2) is 0 Å². The summed E-state index contributed by atoms with van der Waals surface area (Å²) in [7, 11) is 0. The van der Waals surface area contributed by atoms with Crippen molar-refractivity contribution in [2.75, 3.05) is 13.2 Å². The zero-order valence-corrected chi connectivity index (χ0v) is 12.0. The van der Waals surface area contributed by atoms with Gasteiger partial charge in [0.05, 0.1) is 13.2 Å². The fraction of sp³-hybridized carbons (Fsp3) is 1.00. The van der Waals surface area contributed by atoms with Gasteiger partial charge < -0.3 is 55.4 Å². The van der Waals surface area contributed by atoms with Crippen LogP contribution in [-0.2, 0) is 9.47 Å². The van der Waals surface area contributed by atoms with Gasteiger partial charge >= 0.3 is 0 Å². The Hall–Kier alpha value is -0.440. The second-order valence-corrected chi connectivity index (χ2v) is 5.78. The number of hydrogen-bond acceptors (Lipinski definition) is 11. The number of aliphatic hydroxyl groups excluding tert-OH is 8. The van der Waals surface area contributed by atoms with Crippen LogP contribution in [0.4, 0.5) is 0 Å². The van der Waals surface area contributed by atoms with Crippen molar-refractivity contribution in [1.82, 2.24) is 0 Å². The van der Waals surface area contributed by atoms with Crippen LogP contribution >= 0.6 is 0 Å². The molecule has 0 aromatic carbocycles. The Labute approximate surface area is 130 Å². The maximum absolute atomic E-state index is 10.6. The molecule has 0 spiro atoms. The van der Waals surface area contributed by atoms with Gasteiger partial charge in [-0.2, -0.15) is 0 Å². The van der Waals surface area contributed by atoms with E-state index in [4.69, 9.17) is 19.7 Å². The van der Waals surface area contributed by atoms with Gasteiger partial charge in [0.1, 0.15) is 48.8 Å². The van der Waals surface area contributed by atoms with Crippen molar-refractivity contribution in [3.8, 4) is 0 Å². The Morgan fingerprint density at radius 2 is 1.22 bits per heavy atom. The summed E-state index contributed by atoms with van der Waals surface area (Å²) in [5.41, 5.74) is -2.79. The molecule has 10 atom stereocenters. The number of rotatable bonds is 3. The predicted octanol–water partition coefficient (Wildman–Crippen LogP) is -6.01. The zero-order chi connectivity index (χ0) is 17.5. The summed E-state index contributed by atoms with van der Waals surface area (Å²) in [4.78, 5) is 0. The predicted molar refractivity (Wildman–Crippen MR) is 68.7 cm³/mol. The Kier molecular flexibility index (Phi) is 5.60. The van der Waals surface area contributed by atoms with Crippen LogP contribution in [0.2, 0.25) is 0 Å². The standard InChI is InChI=1S/C12H22O11/c13-1-3-5(15)7(17)8(18)10(22-3)12(21)9(19)6(16)4(2-14)23-11(12)20/h3-11,13-21H,1-2H2/t3-,4-,5-,6-,7+,8-,9+,10-,11+,12+/m1/s1. The number of aliphatic hydroxyl groups is 9. The lowest BCUT2D eigenvalue weighted by Gasteiger charge is -2.53. The molecule has 0 bridgehead atoms. The lowest BCUT2D eigenvalue weighted by atomic mass is 9.77. The summed E-state index contributed by atoms with van der Waals surface area (Å²) < 4.78 is 9.91. The highest BCUT2D eigenvalue weighted by atomic mass is 16.7. The Morgan fingerprint density at radius 3 is 1.74 bits per heavy atom. The molecule has 0 aromatic heterocycles. The molecule has 136 valence electrons. The highest BCUT2D eigenvalue weighted by molar-refractivity contribution is 5.10. The van der Waals surface area contributed by atoms with E-state index in [0.29, 0.717) is 0 Å². The zero-order valence-electron chi connectivity index (χ0n) is 12.0. The van der Waals surface area contributed by atoms with E-state index in [-0.39, 0.29) is 0 Å². The van der Waals surface area contributed by atoms with Gasteiger partial charge in [0.25, 0.3) is 0 Å². The van der Waals surface area contributed by atoms with Gasteiger partial charge in [-0.25, -0.2) is 0 Å². The van der Waals surface area contributed by atoms with E-state index in [1.807, 2.05) is 0 Å². The first kappa shape index (κ1) is 18.9. The molecule has 0 aromatic rings. The number of hydrogen-bond donors (Lipinski definition) is 9. The average Bonchev–Trinajstić information content (AvgIpc) is 2.54. The summed E-state index contributed by atoms with van der Waals surface area (Å²) in [5, 5.41) is 88.1. The van der Waals surface area contributed by atoms with E-state index in [1.165, 1.54) is 0 Å². The van der Waals surface area contributed by atoms with Crippen molar-refractivity contribution in [2.24, 2.45) is 0 Å². The summed E-state index contributed by atoms with van der Waals surface area (Å²) in [6.07, 6.45) is -16.4. The minimum atomic E-state index is -2.79. The van der Waals surface area contributed by atoms with Crippen molar-refractivity contribution in [1.29, 1.82) is 0 Å². The van der Waals surface area contributed by atoms with Crippen LogP contribution in [0.1, 0.15) is 0 Å². The highest BCUT2D eigenvalue weighted by Gasteiger charge is 2.63. The molecule has 2 rings (SSSR count). The summed E-state index contributed by atoms with van der Waals surface area (Å²) in [6, 6.07) is 0. The highest BCUT2D eigenvalue weighted by Crippen LogP contribution is 2.38. The van der Waals surface area contributed by atoms with E-state index in [2.05, 4.69) is 0 Å². The topological polar surface area (TPSA) is 201 Å². The lowest BCUT2D eigenvalue weighted by molar-refractivity contribution is -0.378. The Bertz CT molecular complexity index is 406. The van der Waals surface area contributed by atoms with Crippen molar-refractivity contribution in [2.45, 2.75) is 60.7 Å². The van der Waals surface area contributed by atoms with Crippen LogP contribution in [0.3, 0.4) is 0 Å². The van der Waals surface area contributed by atoms with Gasteiger partial charge in [0, 0.05) is 0 Å². The van der Waals surface area contributed by atoms with Crippen LogP contribution < -0.4 is 0 Å². The SMILES string of the molecule is OC[C@H]1O[C@H](O)[C@@](O)([C@@H]2O[C@H](CO)[C@@H](O)[C@H](O)[C@H]2O)[C@@H](O)[C@@H]1O. The number of ether oxygens (including phenoxy) is 2. The maximum atomic E-state index is 10.6. The van der Waals surface area contributed by atoms with Crippen molar-refractivity contribution in [3.63, 3.8) is 0 Å². The largest absolute Gasteiger partial charge is 0.394 e. The maximum Gasteiger partial charge on any atom is 0.189 e. The van der Waals surface area contributed by atoms with Gasteiger partial charge in [0.2, 0.25) is 0 Å². The van der Waals surface area contributed by atoms with Crippen molar-refractivity contribution in [3.05, 3.63) is 0 Å². The normalized spacial score (nSPS) is 54.9. The van der Waals surface area contributed by atoms with E-state index in [9.17, 15) is 35.7 Å². The van der Waals surface area contributed by atoms with E-state index in [0.717, 1.165) is 0 Å². The molecule has 0 unspecified atom stereocenters. The second-order valence-electron chi connectivity index (χ2n) is 5.78. The van der Waals surface area contributed by atoms with Gasteiger partial charge in [-0.15, -0.1) is 0 Å². The molecule has 0 saturated carbocycles. The van der Waals surface area contributed by atoms with Gasteiger partial charge in [0.15, 0.2) is 11.9 Å². The molecule has 0 radical (unpaired) electrons. The minimum Gasteiger partial charge on any atom is -0.394 e. The van der Waals surface area contributed by atoms with Gasteiger partial charge in [-0.05, 0) is 0 Å². The summed E-state index contributed by atoms with van der Waals surface area (Å²) in [5.74, 6) is 0. The average molecular weight is 342 g/mol. The molecular formula is C12H22O11. The third-order valence-corrected chi connectivity index (χ3v) is 4.41. The van der Waals surface area contributed by atoms with Crippen molar-refractivity contribution >= 4 is 0 Å². The molecule has 2 heterocycles. The van der Waals surface area contributed by atoms with E-state index in [1.54, 1.807) is 0 Å². The first-order valence-electron chi connectivity index (χ1n) is 7.03. The molecule has 0 aliphatic carbocycles. The molecule has 11 heteroatoms. The molecule has 2 fully saturated rings. The molecule has 2 saturated heterocycles. The third kappa shape index (κ3) is 2.88. The summed E-state index contributed by atoms with van der Waals surface area (Å²) >= 11 is 0. The lowest BCUT2D eigenvalue weighted by Crippen LogP contribution is -2.76. The van der Waals surface area contributed by atoms with Gasteiger partial charge in [-0.1, -0.05) is 0 Å². The fourth-order valence-corrected chi connectivity index (χ4v) is 2.92. The third-order valence-electron chi connectivity index (χ3n) is 4.41. The Morgan fingerprint density at radius 1 is 0.696 bits per heavy atom. The smallest absolute Gasteiger partial charge is 0.189 e. The van der Waals surface area contributed by atoms with Gasteiger partial charge in [-0.3, -0.25) is 0 Å². The molecule has 9 N–H and O–H groups in total. The Balaban J connectivity index is 2.33. The first-order valence-corrected chi connectivity index (χ1v) is 7.03. The quantitative estimate of drug-likeness (QED) is 0.236. The van der Waals surface area contributed by atoms with Crippen LogP contribution in [-0.4, -0.2) is 120 Å². The molecule has 2 aliphatic rings. The first-order chi connectivity index (χ1) is 10.7. The summed E-state index contributed by atoms with van der Waals surface area (Å²) in [6.45, 7) is -1.55. The molecule has 11 nitrogen and oxygen atoms in total. The fourth-order valence-electron chi connectivity index (χ4n) is 2.92. The monoisotopic (exact) mass is 342 g/mol. The second kappa shape index (κ2) is 6.82. The van der Waals surface area contributed by atoms with Crippen LogP contribution in [0.25, 0.3) is 0 Å². The molecular weight excluding hydrogens is 320 g/mol. The van der Waals surface area contributed by atoms with Crippen LogP contribution in [0, 0.1) is 0 Å². The molecule has 0 amide bonds. The van der Waals surface area contributed by atoms with E-state index >= 15 is 0 Å². The van der Waals surface area contributed by atoms with Crippen molar-refractivity contribution < 1.29 is 55.4 Å². The molecule has 2 aliphatic heterocycles. The van der Waals surface area contributed by atoms with Crippen LogP contribution in [0.5, 0.6) is 0 Å². The minimum absolute atomic E-state index is 0.764.